The van der Waals surface area contributed by atoms with E-state index in [4.69, 9.17) is 10.5 Å². The van der Waals surface area contributed by atoms with E-state index in [-0.39, 0.29) is 6.04 Å². The minimum atomic E-state index is -0.143. The summed E-state index contributed by atoms with van der Waals surface area (Å²) in [4.78, 5) is 0. The zero-order chi connectivity index (χ0) is 14.0. The Morgan fingerprint density at radius 1 is 1.11 bits per heavy atom. The third-order valence-corrected chi connectivity index (χ3v) is 4.21. The Morgan fingerprint density at radius 2 is 1.84 bits per heavy atom. The highest BCUT2D eigenvalue weighted by molar-refractivity contribution is 9.10. The third-order valence-electron chi connectivity index (χ3n) is 3.10. The van der Waals surface area contributed by atoms with Crippen LogP contribution in [0.2, 0.25) is 0 Å². The maximum Gasteiger partial charge on any atom is 0.133 e. The molecule has 0 saturated heterocycles. The van der Waals surface area contributed by atoms with Gasteiger partial charge in [0, 0.05) is 4.47 Å². The summed E-state index contributed by atoms with van der Waals surface area (Å²) in [5, 5.41) is 0. The van der Waals surface area contributed by atoms with E-state index in [2.05, 4.69) is 50.9 Å². The number of rotatable bonds is 3. The number of halogens is 2. The Morgan fingerprint density at radius 3 is 2.42 bits per heavy atom. The first-order valence-electron chi connectivity index (χ1n) is 5.88. The third kappa shape index (κ3) is 3.19. The van der Waals surface area contributed by atoms with E-state index < -0.39 is 0 Å². The molecule has 0 fully saturated rings. The molecule has 2 rings (SSSR count). The molecule has 0 radical (unpaired) electrons. The molecule has 0 bridgehead atoms. The van der Waals surface area contributed by atoms with Crippen molar-refractivity contribution in [1.29, 1.82) is 0 Å². The summed E-state index contributed by atoms with van der Waals surface area (Å²) in [5.74, 6) is 0.809. The summed E-state index contributed by atoms with van der Waals surface area (Å²) in [6.45, 7) is 2.07. The second-order valence-electron chi connectivity index (χ2n) is 4.37. The number of aryl methyl sites for hydroxylation is 1. The van der Waals surface area contributed by atoms with Crippen molar-refractivity contribution in [3.05, 3.63) is 62.0 Å². The normalized spacial score (nSPS) is 12.3. The van der Waals surface area contributed by atoms with Gasteiger partial charge in [-0.3, -0.25) is 0 Å². The fourth-order valence-electron chi connectivity index (χ4n) is 2.04. The highest BCUT2D eigenvalue weighted by atomic mass is 79.9. The molecule has 1 unspecified atom stereocenters. The van der Waals surface area contributed by atoms with Crippen molar-refractivity contribution in [3.63, 3.8) is 0 Å². The second-order valence-corrected chi connectivity index (χ2v) is 6.14. The predicted molar refractivity (Wildman–Crippen MR) is 85.6 cm³/mol. The van der Waals surface area contributed by atoms with Crippen LogP contribution in [-0.4, -0.2) is 7.11 Å². The topological polar surface area (TPSA) is 35.2 Å². The number of hydrogen-bond donors (Lipinski definition) is 1. The van der Waals surface area contributed by atoms with Crippen LogP contribution in [0.15, 0.2) is 45.3 Å². The van der Waals surface area contributed by atoms with Crippen LogP contribution in [-0.2, 0) is 0 Å². The monoisotopic (exact) mass is 383 g/mol. The van der Waals surface area contributed by atoms with Crippen LogP contribution in [0.25, 0.3) is 0 Å². The molecule has 0 heterocycles. The van der Waals surface area contributed by atoms with Crippen molar-refractivity contribution in [2.45, 2.75) is 13.0 Å². The average Bonchev–Trinajstić information content (AvgIpc) is 2.38. The summed E-state index contributed by atoms with van der Waals surface area (Å²) in [5.41, 5.74) is 9.70. The lowest BCUT2D eigenvalue weighted by atomic mass is 9.96. The highest BCUT2D eigenvalue weighted by Gasteiger charge is 2.13. The first-order chi connectivity index (χ1) is 9.02. The molecule has 1 atom stereocenters. The summed E-state index contributed by atoms with van der Waals surface area (Å²) < 4.78 is 7.21. The SMILES string of the molecule is COc1ccc(C(N)c2ccc(Br)cc2C)cc1Br. The van der Waals surface area contributed by atoms with Crippen molar-refractivity contribution in [1.82, 2.24) is 0 Å². The molecule has 0 aliphatic carbocycles. The lowest BCUT2D eigenvalue weighted by Crippen LogP contribution is -2.13. The summed E-state index contributed by atoms with van der Waals surface area (Å²) in [6, 6.07) is 11.9. The molecule has 2 aromatic rings. The van der Waals surface area contributed by atoms with E-state index in [0.717, 1.165) is 25.8 Å². The molecule has 0 aliphatic heterocycles. The fraction of sp³-hybridized carbons (Fsp3) is 0.200. The van der Waals surface area contributed by atoms with Crippen molar-refractivity contribution in [2.75, 3.05) is 7.11 Å². The average molecular weight is 385 g/mol. The molecular weight excluding hydrogens is 370 g/mol. The number of nitrogens with two attached hydrogens (primary N) is 1. The minimum absolute atomic E-state index is 0.143. The van der Waals surface area contributed by atoms with Gasteiger partial charge in [0.1, 0.15) is 5.75 Å². The van der Waals surface area contributed by atoms with Gasteiger partial charge in [-0.25, -0.2) is 0 Å². The fourth-order valence-corrected chi connectivity index (χ4v) is 3.08. The van der Waals surface area contributed by atoms with E-state index in [1.807, 2.05) is 24.3 Å². The van der Waals surface area contributed by atoms with Gasteiger partial charge in [0.25, 0.3) is 0 Å². The number of benzene rings is 2. The smallest absolute Gasteiger partial charge is 0.133 e. The molecule has 2 aromatic carbocycles. The standard InChI is InChI=1S/C15H15Br2NO/c1-9-7-11(16)4-5-12(9)15(18)10-3-6-14(19-2)13(17)8-10/h3-8,15H,18H2,1-2H3. The van der Waals surface area contributed by atoms with E-state index in [9.17, 15) is 0 Å². The van der Waals surface area contributed by atoms with Gasteiger partial charge in [0.15, 0.2) is 0 Å². The lowest BCUT2D eigenvalue weighted by Gasteiger charge is -2.16. The Balaban J connectivity index is 2.38. The van der Waals surface area contributed by atoms with E-state index in [1.165, 1.54) is 5.56 Å². The van der Waals surface area contributed by atoms with Crippen LogP contribution < -0.4 is 10.5 Å². The zero-order valence-corrected chi connectivity index (χ0v) is 14.0. The van der Waals surface area contributed by atoms with Gasteiger partial charge in [0.05, 0.1) is 17.6 Å². The zero-order valence-electron chi connectivity index (χ0n) is 10.8. The molecule has 2 nitrogen and oxygen atoms in total. The van der Waals surface area contributed by atoms with Crippen molar-refractivity contribution >= 4 is 31.9 Å². The van der Waals surface area contributed by atoms with Gasteiger partial charge in [0.2, 0.25) is 0 Å². The van der Waals surface area contributed by atoms with E-state index in [0.29, 0.717) is 0 Å². The Bertz CT molecular complexity index is 599. The summed E-state index contributed by atoms with van der Waals surface area (Å²) >= 11 is 6.96. The number of methoxy groups -OCH3 is 1. The van der Waals surface area contributed by atoms with Crippen molar-refractivity contribution in [2.24, 2.45) is 5.73 Å². The van der Waals surface area contributed by atoms with Crippen LogP contribution >= 0.6 is 31.9 Å². The van der Waals surface area contributed by atoms with Gasteiger partial charge in [-0.15, -0.1) is 0 Å². The summed E-state index contributed by atoms with van der Waals surface area (Å²) in [6.07, 6.45) is 0. The van der Waals surface area contributed by atoms with Gasteiger partial charge in [-0.05, 0) is 63.8 Å². The molecular formula is C15H15Br2NO. The molecule has 0 saturated carbocycles. The largest absolute Gasteiger partial charge is 0.496 e. The molecule has 0 aliphatic rings. The summed E-state index contributed by atoms with van der Waals surface area (Å²) in [7, 11) is 1.65. The van der Waals surface area contributed by atoms with Crippen LogP contribution in [0.4, 0.5) is 0 Å². The molecule has 0 spiro atoms. The lowest BCUT2D eigenvalue weighted by molar-refractivity contribution is 0.412. The molecule has 0 amide bonds. The Hall–Kier alpha value is -0.840. The number of hydrogen-bond acceptors (Lipinski definition) is 2. The van der Waals surface area contributed by atoms with Crippen molar-refractivity contribution < 1.29 is 4.74 Å². The Labute approximate surface area is 130 Å². The number of ether oxygens (including phenoxy) is 1. The van der Waals surface area contributed by atoms with Gasteiger partial charge in [-0.1, -0.05) is 28.1 Å². The molecule has 0 aromatic heterocycles. The van der Waals surface area contributed by atoms with Crippen LogP contribution in [0.5, 0.6) is 5.75 Å². The van der Waals surface area contributed by atoms with Crippen LogP contribution in [0, 0.1) is 6.92 Å². The van der Waals surface area contributed by atoms with Crippen LogP contribution in [0.1, 0.15) is 22.7 Å². The highest BCUT2D eigenvalue weighted by Crippen LogP contribution is 2.31. The van der Waals surface area contributed by atoms with Gasteiger partial charge in [-0.2, -0.15) is 0 Å². The first-order valence-corrected chi connectivity index (χ1v) is 7.46. The molecule has 100 valence electrons. The predicted octanol–water partition coefficient (Wildman–Crippen LogP) is 4.58. The quantitative estimate of drug-likeness (QED) is 0.840. The molecule has 19 heavy (non-hydrogen) atoms. The maximum atomic E-state index is 6.35. The molecule has 4 heteroatoms. The molecule has 2 N–H and O–H groups in total. The van der Waals surface area contributed by atoms with E-state index >= 15 is 0 Å². The second kappa shape index (κ2) is 6.07. The van der Waals surface area contributed by atoms with Crippen molar-refractivity contribution in [3.8, 4) is 5.75 Å². The first kappa shape index (κ1) is 14.6. The van der Waals surface area contributed by atoms with Gasteiger partial charge >= 0.3 is 0 Å². The Kier molecular flexibility index (Phi) is 4.66. The van der Waals surface area contributed by atoms with Gasteiger partial charge < -0.3 is 10.5 Å². The van der Waals surface area contributed by atoms with E-state index in [1.54, 1.807) is 7.11 Å². The van der Waals surface area contributed by atoms with Crippen LogP contribution in [0.3, 0.4) is 0 Å². The maximum absolute atomic E-state index is 6.35. The minimum Gasteiger partial charge on any atom is -0.496 e.